The van der Waals surface area contributed by atoms with Gasteiger partial charge in [-0.05, 0) is 45.1 Å². The Morgan fingerprint density at radius 2 is 1.96 bits per heavy atom. The Labute approximate surface area is 166 Å². The maximum atomic E-state index is 12.8. The van der Waals surface area contributed by atoms with Gasteiger partial charge in [0.15, 0.2) is 0 Å². The minimum absolute atomic E-state index is 0.0395. The van der Waals surface area contributed by atoms with Crippen LogP contribution in [-0.4, -0.2) is 75.7 Å². The Kier molecular flexibility index (Phi) is 6.13. The van der Waals surface area contributed by atoms with Crippen LogP contribution in [0, 0.1) is 5.41 Å². The van der Waals surface area contributed by atoms with Gasteiger partial charge in [-0.25, -0.2) is 0 Å². The Bertz CT molecular complexity index is 726. The first-order valence-electron chi connectivity index (χ1n) is 9.71. The van der Waals surface area contributed by atoms with Crippen LogP contribution in [0.2, 0.25) is 0 Å². The minimum Gasteiger partial charge on any atom is -0.497 e. The zero-order valence-corrected chi connectivity index (χ0v) is 17.2. The van der Waals surface area contributed by atoms with Crippen LogP contribution >= 0.6 is 0 Å². The molecule has 28 heavy (non-hydrogen) atoms. The standard InChI is InChI=1S/C21H30N2O5/c1-22(2)14-17-13-21(20(25)28-17)7-9-23(10-8-21)19(24)12-15-11-16(26-3)5-6-18(15)27-4/h5-6,11,17H,7-10,12-14H2,1-4H3. The van der Waals surface area contributed by atoms with Crippen LogP contribution in [0.4, 0.5) is 0 Å². The number of piperidine rings is 1. The molecule has 1 atom stereocenters. The van der Waals surface area contributed by atoms with Crippen LogP contribution in [0.5, 0.6) is 11.5 Å². The summed E-state index contributed by atoms with van der Waals surface area (Å²) in [4.78, 5) is 29.2. The molecule has 0 aromatic heterocycles. The zero-order valence-electron chi connectivity index (χ0n) is 17.2. The number of amides is 1. The van der Waals surface area contributed by atoms with Gasteiger partial charge in [0.05, 0.1) is 26.1 Å². The molecule has 1 unspecified atom stereocenters. The van der Waals surface area contributed by atoms with Crippen LogP contribution in [0.15, 0.2) is 18.2 Å². The summed E-state index contributed by atoms with van der Waals surface area (Å²) in [5.41, 5.74) is 0.379. The molecule has 3 rings (SSSR count). The van der Waals surface area contributed by atoms with E-state index in [0.29, 0.717) is 37.4 Å². The van der Waals surface area contributed by atoms with Crippen molar-refractivity contribution in [2.75, 3.05) is 47.9 Å². The molecule has 2 aliphatic rings. The van der Waals surface area contributed by atoms with E-state index in [2.05, 4.69) is 0 Å². The maximum Gasteiger partial charge on any atom is 0.312 e. The Balaban J connectivity index is 1.61. The monoisotopic (exact) mass is 390 g/mol. The number of ether oxygens (including phenoxy) is 3. The van der Waals surface area contributed by atoms with Crippen molar-refractivity contribution in [3.05, 3.63) is 23.8 Å². The maximum absolute atomic E-state index is 12.8. The molecule has 1 aromatic rings. The van der Waals surface area contributed by atoms with Gasteiger partial charge in [0, 0.05) is 31.6 Å². The van der Waals surface area contributed by atoms with E-state index in [1.165, 1.54) is 0 Å². The van der Waals surface area contributed by atoms with Crippen LogP contribution in [-0.2, 0) is 20.7 Å². The van der Waals surface area contributed by atoms with E-state index < -0.39 is 5.41 Å². The smallest absolute Gasteiger partial charge is 0.312 e. The molecule has 0 bridgehead atoms. The molecule has 0 aliphatic carbocycles. The van der Waals surface area contributed by atoms with E-state index in [-0.39, 0.29) is 24.4 Å². The van der Waals surface area contributed by atoms with Crippen molar-refractivity contribution in [2.24, 2.45) is 5.41 Å². The summed E-state index contributed by atoms with van der Waals surface area (Å²) < 4.78 is 16.2. The van der Waals surface area contributed by atoms with Crippen LogP contribution in [0.1, 0.15) is 24.8 Å². The second-order valence-corrected chi connectivity index (χ2v) is 8.01. The van der Waals surface area contributed by atoms with Crippen LogP contribution in [0.25, 0.3) is 0 Å². The van der Waals surface area contributed by atoms with Gasteiger partial charge in [-0.3, -0.25) is 9.59 Å². The first-order chi connectivity index (χ1) is 13.4. The predicted molar refractivity (Wildman–Crippen MR) is 105 cm³/mol. The lowest BCUT2D eigenvalue weighted by Crippen LogP contribution is -2.45. The van der Waals surface area contributed by atoms with Crippen LogP contribution < -0.4 is 9.47 Å². The summed E-state index contributed by atoms with van der Waals surface area (Å²) in [5.74, 6) is 1.31. The Morgan fingerprint density at radius 1 is 1.25 bits per heavy atom. The molecule has 1 spiro atoms. The van der Waals surface area contributed by atoms with Crippen molar-refractivity contribution in [3.63, 3.8) is 0 Å². The van der Waals surface area contributed by atoms with E-state index in [4.69, 9.17) is 14.2 Å². The molecule has 7 nitrogen and oxygen atoms in total. The van der Waals surface area contributed by atoms with Gasteiger partial charge in [-0.2, -0.15) is 0 Å². The third-order valence-electron chi connectivity index (χ3n) is 5.80. The van der Waals surface area contributed by atoms with Crippen LogP contribution in [0.3, 0.4) is 0 Å². The van der Waals surface area contributed by atoms with Crippen molar-refractivity contribution in [1.29, 1.82) is 0 Å². The number of rotatable bonds is 6. The molecular weight excluding hydrogens is 360 g/mol. The van der Waals surface area contributed by atoms with Crippen molar-refractivity contribution in [3.8, 4) is 11.5 Å². The highest BCUT2D eigenvalue weighted by Crippen LogP contribution is 2.43. The molecule has 154 valence electrons. The largest absolute Gasteiger partial charge is 0.497 e. The molecule has 2 fully saturated rings. The number of benzene rings is 1. The van der Waals surface area contributed by atoms with Crippen molar-refractivity contribution in [1.82, 2.24) is 9.80 Å². The molecule has 0 radical (unpaired) electrons. The number of hydrogen-bond acceptors (Lipinski definition) is 6. The fourth-order valence-corrected chi connectivity index (χ4v) is 4.23. The summed E-state index contributed by atoms with van der Waals surface area (Å²) in [5, 5.41) is 0. The number of nitrogens with zero attached hydrogens (tertiary/aromatic N) is 2. The molecule has 2 aliphatic heterocycles. The second-order valence-electron chi connectivity index (χ2n) is 8.01. The fraction of sp³-hybridized carbons (Fsp3) is 0.619. The van der Waals surface area contributed by atoms with Gasteiger partial charge in [0.1, 0.15) is 17.6 Å². The third kappa shape index (κ3) is 4.24. The van der Waals surface area contributed by atoms with Crippen molar-refractivity contribution < 1.29 is 23.8 Å². The summed E-state index contributed by atoms with van der Waals surface area (Å²) in [7, 11) is 7.15. The first-order valence-corrected chi connectivity index (χ1v) is 9.71. The van der Waals surface area contributed by atoms with E-state index in [9.17, 15) is 9.59 Å². The quantitative estimate of drug-likeness (QED) is 0.689. The molecule has 7 heteroatoms. The van der Waals surface area contributed by atoms with E-state index in [1.807, 2.05) is 42.1 Å². The lowest BCUT2D eigenvalue weighted by molar-refractivity contribution is -0.152. The first kappa shape index (κ1) is 20.5. The molecule has 1 amide bonds. The van der Waals surface area contributed by atoms with E-state index in [1.54, 1.807) is 14.2 Å². The van der Waals surface area contributed by atoms with Gasteiger partial charge in [0.2, 0.25) is 5.91 Å². The highest BCUT2D eigenvalue weighted by Gasteiger charge is 2.50. The number of likely N-dealkylation sites (N-methyl/N-ethyl adjacent to an activating group) is 1. The second kappa shape index (κ2) is 8.39. The predicted octanol–water partition coefficient (Wildman–Crippen LogP) is 1.73. The average Bonchev–Trinajstić information content (AvgIpc) is 2.95. The number of esters is 1. The summed E-state index contributed by atoms with van der Waals surface area (Å²) in [6, 6.07) is 5.46. The van der Waals surface area contributed by atoms with E-state index >= 15 is 0 Å². The molecule has 2 heterocycles. The minimum atomic E-state index is -0.425. The SMILES string of the molecule is COc1ccc(OC)c(CC(=O)N2CCC3(CC2)CC(CN(C)C)OC3=O)c1. The van der Waals surface area contributed by atoms with Gasteiger partial charge in [-0.15, -0.1) is 0 Å². The number of cyclic esters (lactones) is 1. The van der Waals surface area contributed by atoms with E-state index in [0.717, 1.165) is 18.5 Å². The third-order valence-corrected chi connectivity index (χ3v) is 5.80. The Morgan fingerprint density at radius 3 is 2.57 bits per heavy atom. The fourth-order valence-electron chi connectivity index (χ4n) is 4.23. The Hall–Kier alpha value is -2.28. The normalized spacial score (nSPS) is 21.1. The number of carbonyl (C=O) groups excluding carboxylic acids is 2. The summed E-state index contributed by atoms with van der Waals surface area (Å²) in [6.07, 6.45) is 2.27. The highest BCUT2D eigenvalue weighted by atomic mass is 16.6. The molecule has 2 saturated heterocycles. The summed E-state index contributed by atoms with van der Waals surface area (Å²) >= 11 is 0. The number of carbonyl (C=O) groups is 2. The lowest BCUT2D eigenvalue weighted by atomic mass is 9.76. The molecule has 0 saturated carbocycles. The number of hydrogen-bond donors (Lipinski definition) is 0. The van der Waals surface area contributed by atoms with Gasteiger partial charge >= 0.3 is 5.97 Å². The van der Waals surface area contributed by atoms with Crippen molar-refractivity contribution in [2.45, 2.75) is 31.8 Å². The lowest BCUT2D eigenvalue weighted by Gasteiger charge is -2.36. The number of likely N-dealkylation sites (tertiary alicyclic amines) is 1. The highest BCUT2D eigenvalue weighted by molar-refractivity contribution is 5.82. The molecular formula is C21H30N2O5. The number of methoxy groups -OCH3 is 2. The zero-order chi connectivity index (χ0) is 20.3. The average molecular weight is 390 g/mol. The van der Waals surface area contributed by atoms with Gasteiger partial charge in [0.25, 0.3) is 0 Å². The molecule has 1 aromatic carbocycles. The van der Waals surface area contributed by atoms with Gasteiger partial charge in [-0.1, -0.05) is 0 Å². The molecule has 0 N–H and O–H groups in total. The van der Waals surface area contributed by atoms with Crippen molar-refractivity contribution >= 4 is 11.9 Å². The summed E-state index contributed by atoms with van der Waals surface area (Å²) in [6.45, 7) is 1.90. The topological polar surface area (TPSA) is 68.3 Å². The van der Waals surface area contributed by atoms with Gasteiger partial charge < -0.3 is 24.0 Å².